The summed E-state index contributed by atoms with van der Waals surface area (Å²) in [5.41, 5.74) is 1.53. The van der Waals surface area contributed by atoms with Gasteiger partial charge in [-0.1, -0.05) is 44.0 Å². The highest BCUT2D eigenvalue weighted by atomic mass is 16.5. The predicted molar refractivity (Wildman–Crippen MR) is 123 cm³/mol. The minimum absolute atomic E-state index is 0.0231. The Morgan fingerprint density at radius 1 is 1.12 bits per heavy atom. The molecular weight excluding hydrogens is 404 g/mol. The molecule has 1 aliphatic carbocycles. The Morgan fingerprint density at radius 2 is 1.94 bits per heavy atom. The van der Waals surface area contributed by atoms with Crippen LogP contribution in [0.5, 0.6) is 11.5 Å². The molecule has 2 fully saturated rings. The van der Waals surface area contributed by atoms with Gasteiger partial charge < -0.3 is 14.8 Å². The van der Waals surface area contributed by atoms with E-state index in [0.29, 0.717) is 24.4 Å². The van der Waals surface area contributed by atoms with Gasteiger partial charge in [0.05, 0.1) is 13.2 Å². The SMILES string of the molecule is CCCC1CCC(Oc2cc(C3CNC(=O)N(C(=O)c4ccccc4)C3)ccc2OC)C1. The van der Waals surface area contributed by atoms with Crippen LogP contribution in [0.1, 0.15) is 60.9 Å². The molecule has 1 heterocycles. The number of nitrogens with zero attached hydrogens (tertiary/aromatic N) is 1. The molecule has 0 radical (unpaired) electrons. The van der Waals surface area contributed by atoms with Crippen LogP contribution in [0.25, 0.3) is 0 Å². The fraction of sp³-hybridized carbons (Fsp3) is 0.462. The van der Waals surface area contributed by atoms with Crippen molar-refractivity contribution >= 4 is 11.9 Å². The zero-order chi connectivity index (χ0) is 22.5. The van der Waals surface area contributed by atoms with E-state index in [4.69, 9.17) is 9.47 Å². The van der Waals surface area contributed by atoms with Gasteiger partial charge in [-0.3, -0.25) is 9.69 Å². The van der Waals surface area contributed by atoms with E-state index in [1.807, 2.05) is 24.3 Å². The molecule has 1 saturated carbocycles. The Kier molecular flexibility index (Phi) is 6.98. The van der Waals surface area contributed by atoms with Crippen molar-refractivity contribution in [2.24, 2.45) is 5.92 Å². The van der Waals surface area contributed by atoms with E-state index >= 15 is 0 Å². The average molecular weight is 437 g/mol. The second-order valence-electron chi connectivity index (χ2n) is 8.78. The van der Waals surface area contributed by atoms with E-state index in [1.54, 1.807) is 31.4 Å². The minimum Gasteiger partial charge on any atom is -0.493 e. The van der Waals surface area contributed by atoms with Gasteiger partial charge in [0.1, 0.15) is 0 Å². The number of hydrogen-bond acceptors (Lipinski definition) is 4. The van der Waals surface area contributed by atoms with Crippen molar-refractivity contribution in [2.75, 3.05) is 20.2 Å². The van der Waals surface area contributed by atoms with Crippen molar-refractivity contribution < 1.29 is 19.1 Å². The van der Waals surface area contributed by atoms with Crippen molar-refractivity contribution in [3.63, 3.8) is 0 Å². The fourth-order valence-corrected chi connectivity index (χ4v) is 4.83. The van der Waals surface area contributed by atoms with E-state index < -0.39 is 0 Å². The summed E-state index contributed by atoms with van der Waals surface area (Å²) in [7, 11) is 1.65. The Labute approximate surface area is 189 Å². The molecular formula is C26H32N2O4. The third-order valence-electron chi connectivity index (χ3n) is 6.56. The molecule has 32 heavy (non-hydrogen) atoms. The normalized spacial score (nSPS) is 23.0. The van der Waals surface area contributed by atoms with Crippen LogP contribution in [-0.4, -0.2) is 43.1 Å². The highest BCUT2D eigenvalue weighted by molar-refractivity contribution is 6.04. The van der Waals surface area contributed by atoms with Crippen molar-refractivity contribution in [1.82, 2.24) is 10.2 Å². The van der Waals surface area contributed by atoms with Crippen LogP contribution in [0.4, 0.5) is 4.79 Å². The van der Waals surface area contributed by atoms with E-state index in [9.17, 15) is 9.59 Å². The van der Waals surface area contributed by atoms with Crippen molar-refractivity contribution in [2.45, 2.75) is 51.0 Å². The monoisotopic (exact) mass is 436 g/mol. The minimum atomic E-state index is -0.354. The van der Waals surface area contributed by atoms with Gasteiger partial charge in [0.25, 0.3) is 5.91 Å². The topological polar surface area (TPSA) is 67.9 Å². The molecule has 170 valence electrons. The van der Waals surface area contributed by atoms with Gasteiger partial charge in [-0.25, -0.2) is 4.79 Å². The summed E-state index contributed by atoms with van der Waals surface area (Å²) in [6.45, 7) is 3.04. The molecule has 3 atom stereocenters. The number of hydrogen-bond donors (Lipinski definition) is 1. The number of amides is 3. The number of nitrogens with one attached hydrogen (secondary N) is 1. The first-order chi connectivity index (χ1) is 15.6. The van der Waals surface area contributed by atoms with Crippen LogP contribution >= 0.6 is 0 Å². The van der Waals surface area contributed by atoms with Crippen LogP contribution in [0.3, 0.4) is 0 Å². The van der Waals surface area contributed by atoms with Gasteiger partial charge in [-0.15, -0.1) is 0 Å². The molecule has 2 aromatic rings. The fourth-order valence-electron chi connectivity index (χ4n) is 4.83. The molecule has 4 rings (SSSR count). The molecule has 1 N–H and O–H groups in total. The molecule has 6 nitrogen and oxygen atoms in total. The van der Waals surface area contributed by atoms with Gasteiger partial charge in [0.15, 0.2) is 11.5 Å². The van der Waals surface area contributed by atoms with Crippen LogP contribution in [0.2, 0.25) is 0 Å². The lowest BCUT2D eigenvalue weighted by molar-refractivity contribution is 0.0772. The third kappa shape index (κ3) is 4.90. The Balaban J connectivity index is 1.50. The first-order valence-corrected chi connectivity index (χ1v) is 11.6. The number of urea groups is 1. The lowest BCUT2D eigenvalue weighted by atomic mass is 9.96. The van der Waals surface area contributed by atoms with Gasteiger partial charge in [0.2, 0.25) is 0 Å². The maximum Gasteiger partial charge on any atom is 0.324 e. The quantitative estimate of drug-likeness (QED) is 0.664. The van der Waals surface area contributed by atoms with Crippen LogP contribution < -0.4 is 14.8 Å². The molecule has 0 aromatic heterocycles. The Morgan fingerprint density at radius 3 is 2.69 bits per heavy atom. The first kappa shape index (κ1) is 22.2. The molecule has 6 heteroatoms. The molecule has 1 aliphatic heterocycles. The number of imide groups is 1. The molecule has 3 amide bonds. The smallest absolute Gasteiger partial charge is 0.324 e. The summed E-state index contributed by atoms with van der Waals surface area (Å²) in [6.07, 6.45) is 6.03. The van der Waals surface area contributed by atoms with Crippen LogP contribution in [-0.2, 0) is 0 Å². The largest absolute Gasteiger partial charge is 0.493 e. The summed E-state index contributed by atoms with van der Waals surface area (Å²) < 4.78 is 11.9. The standard InChI is InChI=1S/C26H32N2O4/c1-3-7-18-10-12-22(14-18)32-24-15-20(11-13-23(24)31-2)21-16-27-26(30)28(17-21)25(29)19-8-5-4-6-9-19/h4-6,8-9,11,13,15,18,21-22H,3,7,10,12,14,16-17H2,1-2H3,(H,27,30). The highest BCUT2D eigenvalue weighted by Gasteiger charge is 2.32. The van der Waals surface area contributed by atoms with Gasteiger partial charge >= 0.3 is 6.03 Å². The highest BCUT2D eigenvalue weighted by Crippen LogP contribution is 2.37. The first-order valence-electron chi connectivity index (χ1n) is 11.6. The number of rotatable bonds is 7. The zero-order valence-corrected chi connectivity index (χ0v) is 18.9. The molecule has 0 bridgehead atoms. The maximum absolute atomic E-state index is 12.9. The predicted octanol–water partition coefficient (Wildman–Crippen LogP) is 4.99. The van der Waals surface area contributed by atoms with E-state index in [2.05, 4.69) is 12.2 Å². The Hall–Kier alpha value is -3.02. The van der Waals surface area contributed by atoms with Crippen molar-refractivity contribution in [3.05, 3.63) is 59.7 Å². The number of carbonyl (C=O) groups is 2. The molecule has 0 spiro atoms. The van der Waals surface area contributed by atoms with E-state index in [1.165, 1.54) is 24.2 Å². The van der Waals surface area contributed by atoms with E-state index in [0.717, 1.165) is 30.1 Å². The lowest BCUT2D eigenvalue weighted by Gasteiger charge is -2.32. The average Bonchev–Trinajstić information content (AvgIpc) is 3.26. The summed E-state index contributed by atoms with van der Waals surface area (Å²) in [6, 6.07) is 14.5. The molecule has 1 saturated heterocycles. The van der Waals surface area contributed by atoms with Gasteiger partial charge in [0, 0.05) is 24.6 Å². The molecule has 2 aromatic carbocycles. The number of carbonyl (C=O) groups excluding carboxylic acids is 2. The zero-order valence-electron chi connectivity index (χ0n) is 18.9. The lowest BCUT2D eigenvalue weighted by Crippen LogP contribution is -2.52. The molecule has 3 unspecified atom stereocenters. The summed E-state index contributed by atoms with van der Waals surface area (Å²) in [5, 5.41) is 2.87. The van der Waals surface area contributed by atoms with Crippen molar-refractivity contribution in [1.29, 1.82) is 0 Å². The van der Waals surface area contributed by atoms with Crippen LogP contribution in [0.15, 0.2) is 48.5 Å². The third-order valence-corrected chi connectivity index (χ3v) is 6.56. The van der Waals surface area contributed by atoms with Crippen molar-refractivity contribution in [3.8, 4) is 11.5 Å². The second kappa shape index (κ2) is 10.1. The summed E-state index contributed by atoms with van der Waals surface area (Å²) >= 11 is 0. The maximum atomic E-state index is 12.9. The second-order valence-corrected chi connectivity index (χ2v) is 8.78. The summed E-state index contributed by atoms with van der Waals surface area (Å²) in [5.74, 6) is 1.88. The Bertz CT molecular complexity index is 946. The molecule has 2 aliphatic rings. The van der Waals surface area contributed by atoms with Gasteiger partial charge in [-0.05, 0) is 55.0 Å². The van der Waals surface area contributed by atoms with Crippen LogP contribution in [0, 0.1) is 5.92 Å². The van der Waals surface area contributed by atoms with Gasteiger partial charge in [-0.2, -0.15) is 0 Å². The number of ether oxygens (including phenoxy) is 2. The van der Waals surface area contributed by atoms with E-state index in [-0.39, 0.29) is 24.0 Å². The summed E-state index contributed by atoms with van der Waals surface area (Å²) in [4.78, 5) is 26.6. The number of methoxy groups -OCH3 is 1. The number of benzene rings is 2.